The lowest BCUT2D eigenvalue weighted by Crippen LogP contribution is -2.44. The molecule has 1 fully saturated rings. The zero-order valence-corrected chi connectivity index (χ0v) is 15.8. The predicted octanol–water partition coefficient (Wildman–Crippen LogP) is 3.87. The highest BCUT2D eigenvalue weighted by atomic mass is 15.2. The second kappa shape index (κ2) is 8.07. The van der Waals surface area contributed by atoms with E-state index in [4.69, 9.17) is 0 Å². The maximum absolute atomic E-state index is 2.61. The molecule has 4 rings (SSSR count). The minimum atomic E-state index is 0.938. The van der Waals surface area contributed by atoms with E-state index in [9.17, 15) is 0 Å². The predicted molar refractivity (Wildman–Crippen MR) is 110 cm³/mol. The molecule has 136 valence electrons. The van der Waals surface area contributed by atoms with Crippen molar-refractivity contribution < 1.29 is 0 Å². The Labute approximate surface area is 156 Å². The van der Waals surface area contributed by atoms with Gasteiger partial charge in [0, 0.05) is 44.4 Å². The van der Waals surface area contributed by atoms with Crippen LogP contribution in [0.15, 0.2) is 60.8 Å². The lowest BCUT2D eigenvalue weighted by atomic mass is 10.1. The molecular formula is C23H29N3. The fourth-order valence-electron chi connectivity index (χ4n) is 3.90. The lowest BCUT2D eigenvalue weighted by Gasteiger charge is -2.32. The summed E-state index contributed by atoms with van der Waals surface area (Å²) in [6.45, 7) is 7.02. The van der Waals surface area contributed by atoms with Crippen LogP contribution in [0.5, 0.6) is 0 Å². The SMILES string of the molecule is CN1CCN(CCCc2ccc3c(ccn3Cc3ccccc3)c2)CC1. The summed E-state index contributed by atoms with van der Waals surface area (Å²) in [4.78, 5) is 5.03. The average molecular weight is 348 g/mol. The van der Waals surface area contributed by atoms with Crippen molar-refractivity contribution in [3.63, 3.8) is 0 Å². The molecule has 0 amide bonds. The number of fused-ring (bicyclic) bond motifs is 1. The van der Waals surface area contributed by atoms with Crippen LogP contribution in [-0.2, 0) is 13.0 Å². The summed E-state index contributed by atoms with van der Waals surface area (Å²) in [6.07, 6.45) is 4.64. The van der Waals surface area contributed by atoms with Gasteiger partial charge in [-0.15, -0.1) is 0 Å². The van der Waals surface area contributed by atoms with Crippen LogP contribution in [0.25, 0.3) is 10.9 Å². The molecule has 3 heteroatoms. The summed E-state index contributed by atoms with van der Waals surface area (Å²) in [5, 5.41) is 1.36. The number of piperazine rings is 1. The Morgan fingerprint density at radius 1 is 0.846 bits per heavy atom. The zero-order chi connectivity index (χ0) is 17.8. The largest absolute Gasteiger partial charge is 0.343 e. The highest BCUT2D eigenvalue weighted by molar-refractivity contribution is 5.81. The van der Waals surface area contributed by atoms with Gasteiger partial charge in [-0.05, 0) is 61.1 Å². The van der Waals surface area contributed by atoms with Gasteiger partial charge in [-0.3, -0.25) is 0 Å². The second-order valence-electron chi connectivity index (χ2n) is 7.57. The van der Waals surface area contributed by atoms with E-state index in [0.717, 1.165) is 6.54 Å². The Hall–Kier alpha value is -2.10. The van der Waals surface area contributed by atoms with E-state index in [1.165, 1.54) is 67.6 Å². The molecule has 0 N–H and O–H groups in total. The van der Waals surface area contributed by atoms with Crippen molar-refractivity contribution in [3.05, 3.63) is 71.9 Å². The molecular weight excluding hydrogens is 318 g/mol. The minimum absolute atomic E-state index is 0.938. The summed E-state index contributed by atoms with van der Waals surface area (Å²) in [7, 11) is 2.22. The van der Waals surface area contributed by atoms with E-state index < -0.39 is 0 Å². The number of hydrogen-bond acceptors (Lipinski definition) is 2. The molecule has 0 spiro atoms. The van der Waals surface area contributed by atoms with E-state index in [-0.39, 0.29) is 0 Å². The number of likely N-dealkylation sites (N-methyl/N-ethyl adjacent to an activating group) is 1. The molecule has 1 aliphatic rings. The molecule has 0 radical (unpaired) electrons. The molecule has 1 aliphatic heterocycles. The van der Waals surface area contributed by atoms with Gasteiger partial charge in [-0.1, -0.05) is 36.4 Å². The average Bonchev–Trinajstić information content (AvgIpc) is 3.06. The number of hydrogen-bond donors (Lipinski definition) is 0. The summed E-state index contributed by atoms with van der Waals surface area (Å²) in [5.74, 6) is 0. The van der Waals surface area contributed by atoms with Crippen LogP contribution in [-0.4, -0.2) is 54.1 Å². The zero-order valence-electron chi connectivity index (χ0n) is 15.8. The molecule has 3 nitrogen and oxygen atoms in total. The molecule has 1 saturated heterocycles. The molecule has 26 heavy (non-hydrogen) atoms. The van der Waals surface area contributed by atoms with Crippen molar-refractivity contribution in [1.82, 2.24) is 14.4 Å². The topological polar surface area (TPSA) is 11.4 Å². The fraction of sp³-hybridized carbons (Fsp3) is 0.391. The van der Waals surface area contributed by atoms with E-state index in [0.29, 0.717) is 0 Å². The first kappa shape index (κ1) is 17.3. The highest BCUT2D eigenvalue weighted by Crippen LogP contribution is 2.20. The lowest BCUT2D eigenvalue weighted by molar-refractivity contribution is 0.153. The van der Waals surface area contributed by atoms with Gasteiger partial charge < -0.3 is 14.4 Å². The maximum Gasteiger partial charge on any atom is 0.0483 e. The first-order valence-electron chi connectivity index (χ1n) is 9.80. The van der Waals surface area contributed by atoms with E-state index in [1.807, 2.05) is 0 Å². The van der Waals surface area contributed by atoms with Gasteiger partial charge in [0.25, 0.3) is 0 Å². The Bertz CT molecular complexity index is 829. The van der Waals surface area contributed by atoms with Crippen molar-refractivity contribution in [1.29, 1.82) is 0 Å². The number of aryl methyl sites for hydroxylation is 1. The normalized spacial score (nSPS) is 16.3. The van der Waals surface area contributed by atoms with E-state index >= 15 is 0 Å². The molecule has 0 unspecified atom stereocenters. The number of nitrogens with zero attached hydrogens (tertiary/aromatic N) is 3. The molecule has 0 saturated carbocycles. The van der Waals surface area contributed by atoms with Crippen LogP contribution in [0.4, 0.5) is 0 Å². The smallest absolute Gasteiger partial charge is 0.0483 e. The van der Waals surface area contributed by atoms with Crippen LogP contribution < -0.4 is 0 Å². The first-order valence-corrected chi connectivity index (χ1v) is 9.80. The Kier molecular flexibility index (Phi) is 5.37. The van der Waals surface area contributed by atoms with Gasteiger partial charge in [-0.2, -0.15) is 0 Å². The maximum atomic E-state index is 2.61. The second-order valence-corrected chi connectivity index (χ2v) is 7.57. The number of rotatable bonds is 6. The summed E-state index contributed by atoms with van der Waals surface area (Å²) in [5.41, 5.74) is 4.14. The van der Waals surface area contributed by atoms with Crippen LogP contribution in [0.2, 0.25) is 0 Å². The molecule has 1 aromatic heterocycles. The van der Waals surface area contributed by atoms with Crippen LogP contribution >= 0.6 is 0 Å². The Balaban J connectivity index is 1.36. The molecule has 2 aromatic carbocycles. The van der Waals surface area contributed by atoms with Gasteiger partial charge in [0.1, 0.15) is 0 Å². The highest BCUT2D eigenvalue weighted by Gasteiger charge is 2.13. The summed E-state index contributed by atoms with van der Waals surface area (Å²) >= 11 is 0. The van der Waals surface area contributed by atoms with E-state index in [1.54, 1.807) is 0 Å². The van der Waals surface area contributed by atoms with Gasteiger partial charge in [0.15, 0.2) is 0 Å². The first-order chi connectivity index (χ1) is 12.8. The van der Waals surface area contributed by atoms with E-state index in [2.05, 4.69) is 82.2 Å². The summed E-state index contributed by atoms with van der Waals surface area (Å²) in [6, 6.07) is 19.9. The molecule has 3 aromatic rings. The Morgan fingerprint density at radius 2 is 1.65 bits per heavy atom. The molecule has 2 heterocycles. The monoisotopic (exact) mass is 347 g/mol. The van der Waals surface area contributed by atoms with Crippen molar-refractivity contribution in [2.45, 2.75) is 19.4 Å². The van der Waals surface area contributed by atoms with Crippen molar-refractivity contribution in [2.75, 3.05) is 39.8 Å². The standard InChI is InChI=1S/C23H29N3/c1-24-14-16-25(17-15-24)12-5-8-20-9-10-23-22(18-20)11-13-26(23)19-21-6-3-2-4-7-21/h2-4,6-7,9-11,13,18H,5,8,12,14-17,19H2,1H3. The third kappa shape index (κ3) is 4.17. The van der Waals surface area contributed by atoms with Crippen LogP contribution in [0, 0.1) is 0 Å². The van der Waals surface area contributed by atoms with Crippen molar-refractivity contribution in [2.24, 2.45) is 0 Å². The van der Waals surface area contributed by atoms with Gasteiger partial charge >= 0.3 is 0 Å². The quantitative estimate of drug-likeness (QED) is 0.671. The molecule has 0 bridgehead atoms. The van der Waals surface area contributed by atoms with Gasteiger partial charge in [0.05, 0.1) is 0 Å². The number of benzene rings is 2. The fourth-order valence-corrected chi connectivity index (χ4v) is 3.90. The minimum Gasteiger partial charge on any atom is -0.343 e. The van der Waals surface area contributed by atoms with Crippen LogP contribution in [0.1, 0.15) is 17.5 Å². The van der Waals surface area contributed by atoms with Gasteiger partial charge in [-0.25, -0.2) is 0 Å². The Morgan fingerprint density at radius 3 is 2.46 bits per heavy atom. The molecule has 0 aliphatic carbocycles. The summed E-state index contributed by atoms with van der Waals surface area (Å²) < 4.78 is 2.35. The van der Waals surface area contributed by atoms with Crippen molar-refractivity contribution in [3.8, 4) is 0 Å². The number of aromatic nitrogens is 1. The van der Waals surface area contributed by atoms with Crippen LogP contribution in [0.3, 0.4) is 0 Å². The van der Waals surface area contributed by atoms with Gasteiger partial charge in [0.2, 0.25) is 0 Å². The third-order valence-electron chi connectivity index (χ3n) is 5.57. The van der Waals surface area contributed by atoms with Crippen molar-refractivity contribution >= 4 is 10.9 Å². The third-order valence-corrected chi connectivity index (χ3v) is 5.57. The molecule has 0 atom stereocenters.